The predicted octanol–water partition coefficient (Wildman–Crippen LogP) is 7.71. The number of rotatable bonds is 7. The Hall–Kier alpha value is -4.43. The van der Waals surface area contributed by atoms with Gasteiger partial charge in [0.15, 0.2) is 21.6 Å². The highest BCUT2D eigenvalue weighted by atomic mass is 32.2. The maximum Gasteiger partial charge on any atom is 0.195 e. The lowest BCUT2D eigenvalue weighted by Gasteiger charge is -2.14. The number of nitrogens with one attached hydrogen (secondary N) is 1. The maximum absolute atomic E-state index is 13.2. The zero-order valence-electron chi connectivity index (χ0n) is 29.3. The zero-order valence-corrected chi connectivity index (χ0v) is 30.9. The molecule has 49 heavy (non-hydrogen) atoms. The van der Waals surface area contributed by atoms with E-state index in [9.17, 15) is 8.78 Å². The number of nitrogens with zero attached hydrogens (tertiary/aromatic N) is 9. The van der Waals surface area contributed by atoms with Crippen molar-refractivity contribution >= 4 is 24.0 Å². The first-order chi connectivity index (χ1) is 23.0. The highest BCUT2D eigenvalue weighted by Gasteiger charge is 2.24. The average Bonchev–Trinajstić information content (AvgIpc) is 3.82. The van der Waals surface area contributed by atoms with Crippen molar-refractivity contribution in [3.63, 3.8) is 0 Å². The molecule has 14 heteroatoms. The first-order valence-electron chi connectivity index (χ1n) is 15.8. The molecule has 0 fully saturated rings. The highest BCUT2D eigenvalue weighted by Crippen LogP contribution is 2.29. The smallest absolute Gasteiger partial charge is 0.195 e. The molecule has 10 nitrogen and oxygen atoms in total. The first kappa shape index (κ1) is 35.9. The molecule has 0 atom stereocenters. The quantitative estimate of drug-likeness (QED) is 0.134. The van der Waals surface area contributed by atoms with Crippen LogP contribution in [-0.4, -0.2) is 55.3 Å². The van der Waals surface area contributed by atoms with E-state index in [2.05, 4.69) is 68.0 Å². The summed E-state index contributed by atoms with van der Waals surface area (Å²) in [5, 5.41) is 26.1. The fraction of sp³-hybridized carbons (Fsp3) is 0.371. The third kappa shape index (κ3) is 8.24. The zero-order chi connectivity index (χ0) is 35.7. The minimum absolute atomic E-state index is 0.0796. The van der Waals surface area contributed by atoms with Crippen molar-refractivity contribution in [3.05, 3.63) is 99.6 Å². The molecular formula is C35H42F2N10S2. The highest BCUT2D eigenvalue weighted by molar-refractivity contribution is 7.98. The number of benzene rings is 2. The Bertz CT molecular complexity index is 2090. The number of hydrogen-bond acceptors (Lipinski definition) is 7. The van der Waals surface area contributed by atoms with Crippen LogP contribution in [0.4, 0.5) is 8.78 Å². The summed E-state index contributed by atoms with van der Waals surface area (Å²) in [6, 6.07) is 17.0. The van der Waals surface area contributed by atoms with Gasteiger partial charge >= 0.3 is 0 Å². The largest absolute Gasteiger partial charge is 0.304 e. The Kier molecular flexibility index (Phi) is 10.4. The van der Waals surface area contributed by atoms with Gasteiger partial charge in [-0.15, -0.1) is 10.2 Å². The fourth-order valence-corrected chi connectivity index (χ4v) is 5.60. The van der Waals surface area contributed by atoms with Crippen LogP contribution < -0.4 is 0 Å². The van der Waals surface area contributed by atoms with Crippen molar-refractivity contribution in [3.8, 4) is 23.0 Å². The lowest BCUT2D eigenvalue weighted by molar-refractivity contribution is 0.545. The van der Waals surface area contributed by atoms with Crippen molar-refractivity contribution in [2.24, 2.45) is 14.1 Å². The van der Waals surface area contributed by atoms with Crippen molar-refractivity contribution in [2.45, 2.75) is 70.6 Å². The summed E-state index contributed by atoms with van der Waals surface area (Å²) in [6.07, 6.45) is 1.98. The standard InChI is InChI=1S/C18H22FN5S.C17H20FN5S/c1-18(2,3)15-10-14(16-20-21-17(25-5)23(16)4)24(22-15)11-12-6-8-13(19)9-7-12;1-17(2,3)14-9-13(15-19-20-16(24)22(15)4)23(21-14)10-11-5-7-12(18)8-6-11/h6-10H,11H2,1-5H3;5-9H,10H2,1-4H3,(H,20,24). The number of hydrogen-bond donors (Lipinski definition) is 1. The van der Waals surface area contributed by atoms with Gasteiger partial charge in [0.2, 0.25) is 0 Å². The molecule has 6 aromatic rings. The second-order valence-electron chi connectivity index (χ2n) is 13.9. The Labute approximate surface area is 294 Å². The van der Waals surface area contributed by atoms with Crippen LogP contribution in [0, 0.1) is 16.4 Å². The molecule has 0 amide bonds. The number of thioether (sulfide) groups is 1. The molecule has 6 rings (SSSR count). The van der Waals surface area contributed by atoms with Crippen LogP contribution in [0.2, 0.25) is 0 Å². The Morgan fingerprint density at radius 3 is 1.51 bits per heavy atom. The van der Waals surface area contributed by atoms with Crippen molar-refractivity contribution in [2.75, 3.05) is 6.26 Å². The summed E-state index contributed by atoms with van der Waals surface area (Å²) in [5.74, 6) is 1.02. The molecule has 0 aliphatic heterocycles. The van der Waals surface area contributed by atoms with Gasteiger partial charge in [0, 0.05) is 24.9 Å². The third-order valence-corrected chi connectivity index (χ3v) is 9.03. The molecule has 0 aliphatic rings. The lowest BCUT2D eigenvalue weighted by atomic mass is 9.92. The van der Waals surface area contributed by atoms with Gasteiger partial charge in [-0.05, 0) is 66.0 Å². The second kappa shape index (κ2) is 14.2. The van der Waals surface area contributed by atoms with E-state index in [-0.39, 0.29) is 22.5 Å². The maximum atomic E-state index is 13.2. The van der Waals surface area contributed by atoms with Gasteiger partial charge in [0.1, 0.15) is 23.0 Å². The van der Waals surface area contributed by atoms with Gasteiger partial charge in [0.05, 0.1) is 24.5 Å². The number of H-pyrrole nitrogens is 1. The van der Waals surface area contributed by atoms with Crippen LogP contribution in [0.15, 0.2) is 65.8 Å². The van der Waals surface area contributed by atoms with Gasteiger partial charge < -0.3 is 9.13 Å². The molecule has 1 N–H and O–H groups in total. The van der Waals surface area contributed by atoms with Gasteiger partial charge in [0.25, 0.3) is 0 Å². The van der Waals surface area contributed by atoms with E-state index in [1.165, 1.54) is 24.3 Å². The van der Waals surface area contributed by atoms with E-state index in [1.807, 2.05) is 44.9 Å². The van der Waals surface area contributed by atoms with Gasteiger partial charge in [-0.3, -0.25) is 14.5 Å². The van der Waals surface area contributed by atoms with Crippen molar-refractivity contribution < 1.29 is 8.78 Å². The van der Waals surface area contributed by atoms with Gasteiger partial charge in [-0.2, -0.15) is 15.3 Å². The number of halogens is 2. The molecule has 0 radical (unpaired) electrons. The van der Waals surface area contributed by atoms with E-state index in [0.717, 1.165) is 50.7 Å². The monoisotopic (exact) mass is 704 g/mol. The van der Waals surface area contributed by atoms with Crippen LogP contribution in [0.3, 0.4) is 0 Å². The van der Waals surface area contributed by atoms with E-state index in [1.54, 1.807) is 36.0 Å². The van der Waals surface area contributed by atoms with Crippen molar-refractivity contribution in [1.82, 2.24) is 49.1 Å². The van der Waals surface area contributed by atoms with Crippen molar-refractivity contribution in [1.29, 1.82) is 0 Å². The Morgan fingerprint density at radius 1 is 0.694 bits per heavy atom. The fourth-order valence-electron chi connectivity index (χ4n) is 4.98. The molecule has 0 saturated carbocycles. The van der Waals surface area contributed by atoms with Crippen LogP contribution in [0.25, 0.3) is 23.0 Å². The van der Waals surface area contributed by atoms with Crippen LogP contribution in [0.1, 0.15) is 64.1 Å². The molecule has 0 unspecified atom stereocenters. The minimum atomic E-state index is -0.246. The number of aromatic amines is 1. The normalized spacial score (nSPS) is 11.9. The third-order valence-electron chi connectivity index (χ3n) is 7.94. The number of aromatic nitrogens is 10. The van der Waals surface area contributed by atoms with E-state index < -0.39 is 0 Å². The molecule has 4 heterocycles. The van der Waals surface area contributed by atoms with E-state index in [4.69, 9.17) is 22.4 Å². The Morgan fingerprint density at radius 2 is 1.14 bits per heavy atom. The van der Waals surface area contributed by atoms with Gasteiger partial charge in [-0.1, -0.05) is 77.6 Å². The van der Waals surface area contributed by atoms with Crippen LogP contribution in [0.5, 0.6) is 0 Å². The first-order valence-corrected chi connectivity index (χ1v) is 17.4. The van der Waals surface area contributed by atoms with E-state index in [0.29, 0.717) is 17.9 Å². The lowest BCUT2D eigenvalue weighted by Crippen LogP contribution is -2.13. The molecular weight excluding hydrogens is 663 g/mol. The molecule has 0 bridgehead atoms. The topological polar surface area (TPSA) is 100.0 Å². The molecule has 0 spiro atoms. The second-order valence-corrected chi connectivity index (χ2v) is 15.0. The van der Waals surface area contributed by atoms with Crippen LogP contribution >= 0.6 is 24.0 Å². The summed E-state index contributed by atoms with van der Waals surface area (Å²) in [7, 11) is 3.82. The SMILES string of the molecule is CSc1nnc(-c2cc(C(C)(C)C)nn2Cc2ccc(F)cc2)n1C.Cn1c(-c2cc(C(C)(C)C)nn2Cc2ccc(F)cc2)n[nH]c1=S. The Balaban J connectivity index is 0.000000191. The molecule has 2 aromatic carbocycles. The van der Waals surface area contributed by atoms with Crippen LogP contribution in [-0.2, 0) is 38.0 Å². The summed E-state index contributed by atoms with van der Waals surface area (Å²) in [6.45, 7) is 13.8. The summed E-state index contributed by atoms with van der Waals surface area (Å²) in [5.41, 5.74) is 5.52. The molecule has 0 aliphatic carbocycles. The summed E-state index contributed by atoms with van der Waals surface area (Å²) in [4.78, 5) is 0. The minimum Gasteiger partial charge on any atom is -0.304 e. The summed E-state index contributed by atoms with van der Waals surface area (Å²) >= 11 is 6.77. The van der Waals surface area contributed by atoms with E-state index >= 15 is 0 Å². The van der Waals surface area contributed by atoms with Gasteiger partial charge in [-0.25, -0.2) is 8.78 Å². The summed E-state index contributed by atoms with van der Waals surface area (Å²) < 4.78 is 34.5. The molecule has 258 valence electrons. The molecule has 4 aromatic heterocycles. The predicted molar refractivity (Wildman–Crippen MR) is 192 cm³/mol. The average molecular weight is 705 g/mol. The molecule has 0 saturated heterocycles.